The van der Waals surface area contributed by atoms with E-state index in [2.05, 4.69) is 25.5 Å². The van der Waals surface area contributed by atoms with Crippen molar-refractivity contribution in [3.05, 3.63) is 58.2 Å². The molecule has 2 N–H and O–H groups in total. The van der Waals surface area contributed by atoms with Crippen LogP contribution in [0.1, 0.15) is 33.6 Å². The topological polar surface area (TPSA) is 131 Å². The zero-order valence-corrected chi connectivity index (χ0v) is 13.9. The molecule has 0 aliphatic rings. The third-order valence-corrected chi connectivity index (χ3v) is 3.51. The zero-order valence-electron chi connectivity index (χ0n) is 13.9. The number of nitrogens with one attached hydrogen (secondary N) is 2. The summed E-state index contributed by atoms with van der Waals surface area (Å²) in [5.41, 5.74) is 0.536. The molecule has 0 atom stereocenters. The van der Waals surface area contributed by atoms with Crippen molar-refractivity contribution in [3.8, 4) is 0 Å². The normalized spacial score (nSPS) is 10.7. The Hall–Kier alpha value is -3.56. The molecular weight excluding hydrogens is 340 g/mol. The smallest absolute Gasteiger partial charge is 0.357 e. The first kappa shape index (κ1) is 17.3. The van der Waals surface area contributed by atoms with Crippen molar-refractivity contribution in [2.45, 2.75) is 13.3 Å². The van der Waals surface area contributed by atoms with E-state index in [1.54, 1.807) is 6.92 Å². The summed E-state index contributed by atoms with van der Waals surface area (Å²) in [5.74, 6) is -0.405. The Bertz CT molecular complexity index is 1010. The minimum atomic E-state index is -0.511. The van der Waals surface area contributed by atoms with Gasteiger partial charge in [-0.2, -0.15) is 5.10 Å². The molecule has 26 heavy (non-hydrogen) atoms. The number of H-pyrrole nitrogens is 1. The van der Waals surface area contributed by atoms with Crippen LogP contribution in [0.4, 0.5) is 0 Å². The van der Waals surface area contributed by atoms with Crippen molar-refractivity contribution >= 4 is 17.5 Å². The molecule has 0 spiro atoms. The van der Waals surface area contributed by atoms with Gasteiger partial charge in [0, 0.05) is 30.9 Å². The lowest BCUT2D eigenvalue weighted by Crippen LogP contribution is -2.26. The van der Waals surface area contributed by atoms with E-state index in [-0.39, 0.29) is 30.4 Å². The van der Waals surface area contributed by atoms with E-state index in [9.17, 15) is 14.4 Å². The van der Waals surface area contributed by atoms with Crippen molar-refractivity contribution in [1.29, 1.82) is 0 Å². The molecule has 3 rings (SSSR count). The number of carbonyl (C=O) groups is 2. The zero-order chi connectivity index (χ0) is 18.5. The third-order valence-electron chi connectivity index (χ3n) is 3.51. The molecule has 0 unspecified atom stereocenters. The number of nitrogens with zero attached hydrogens (tertiary/aromatic N) is 4. The summed E-state index contributed by atoms with van der Waals surface area (Å²) < 4.78 is 6.19. The summed E-state index contributed by atoms with van der Waals surface area (Å²) in [6.07, 6.45) is 3.30. The Morgan fingerprint density at radius 1 is 1.35 bits per heavy atom. The molecule has 0 aromatic carbocycles. The minimum absolute atomic E-state index is 0.178. The van der Waals surface area contributed by atoms with Crippen LogP contribution in [-0.2, 0) is 11.2 Å². The Morgan fingerprint density at radius 2 is 2.19 bits per heavy atom. The fourth-order valence-electron chi connectivity index (χ4n) is 2.27. The number of ether oxygens (including phenoxy) is 1. The Labute approximate surface area is 147 Å². The quantitative estimate of drug-likeness (QED) is 0.592. The van der Waals surface area contributed by atoms with Gasteiger partial charge < -0.3 is 10.1 Å². The van der Waals surface area contributed by atoms with E-state index in [1.165, 1.54) is 35.0 Å². The summed E-state index contributed by atoms with van der Waals surface area (Å²) in [5, 5.41) is 8.85. The lowest BCUT2D eigenvalue weighted by molar-refractivity contribution is 0.0518. The summed E-state index contributed by atoms with van der Waals surface area (Å²) in [6, 6.07) is 4.50. The molecule has 3 aromatic heterocycles. The van der Waals surface area contributed by atoms with Crippen LogP contribution < -0.4 is 11.0 Å². The molecule has 0 aliphatic carbocycles. The number of esters is 1. The van der Waals surface area contributed by atoms with Crippen molar-refractivity contribution < 1.29 is 14.3 Å². The van der Waals surface area contributed by atoms with Gasteiger partial charge >= 0.3 is 11.7 Å². The van der Waals surface area contributed by atoms with Crippen LogP contribution in [0.25, 0.3) is 5.65 Å². The molecule has 0 saturated heterocycles. The summed E-state index contributed by atoms with van der Waals surface area (Å²) >= 11 is 0. The van der Waals surface area contributed by atoms with E-state index in [4.69, 9.17) is 4.74 Å². The van der Waals surface area contributed by atoms with Crippen LogP contribution in [-0.4, -0.2) is 49.6 Å². The lowest BCUT2D eigenvalue weighted by atomic mass is 10.2. The van der Waals surface area contributed by atoms with E-state index in [1.807, 2.05) is 0 Å². The van der Waals surface area contributed by atoms with Gasteiger partial charge in [0.05, 0.1) is 6.61 Å². The highest BCUT2D eigenvalue weighted by Crippen LogP contribution is 2.03. The fourth-order valence-corrected chi connectivity index (χ4v) is 2.27. The van der Waals surface area contributed by atoms with Gasteiger partial charge in [0.15, 0.2) is 11.3 Å². The molecule has 134 valence electrons. The van der Waals surface area contributed by atoms with Crippen LogP contribution in [0.15, 0.2) is 35.4 Å². The van der Waals surface area contributed by atoms with Crippen molar-refractivity contribution in [2.24, 2.45) is 0 Å². The Balaban J connectivity index is 1.60. The number of amides is 1. The van der Waals surface area contributed by atoms with E-state index < -0.39 is 5.97 Å². The first-order chi connectivity index (χ1) is 12.6. The summed E-state index contributed by atoms with van der Waals surface area (Å²) in [6.45, 7) is 2.26. The second kappa shape index (κ2) is 7.55. The Kier molecular flexibility index (Phi) is 5.02. The highest BCUT2D eigenvalue weighted by Gasteiger charge is 2.11. The van der Waals surface area contributed by atoms with Gasteiger partial charge in [0.1, 0.15) is 5.82 Å². The first-order valence-electron chi connectivity index (χ1n) is 7.92. The molecule has 0 bridgehead atoms. The SMILES string of the molecule is CCOC(=O)c1ccnc(CCNC(=O)c2ccn3c(=O)[nH]nc3c2)n1. The monoisotopic (exact) mass is 356 g/mol. The van der Waals surface area contributed by atoms with Crippen molar-refractivity contribution in [1.82, 2.24) is 29.9 Å². The number of aromatic amines is 1. The molecule has 1 amide bonds. The van der Waals surface area contributed by atoms with Gasteiger partial charge in [0.2, 0.25) is 0 Å². The van der Waals surface area contributed by atoms with Gasteiger partial charge in [-0.1, -0.05) is 0 Å². The number of hydrogen-bond acceptors (Lipinski definition) is 7. The summed E-state index contributed by atoms with van der Waals surface area (Å²) in [7, 11) is 0. The first-order valence-corrected chi connectivity index (χ1v) is 7.92. The highest BCUT2D eigenvalue weighted by molar-refractivity contribution is 5.95. The van der Waals surface area contributed by atoms with Crippen LogP contribution in [0, 0.1) is 0 Å². The second-order valence-corrected chi connectivity index (χ2v) is 5.26. The van der Waals surface area contributed by atoms with Crippen LogP contribution in [0.2, 0.25) is 0 Å². The molecule has 0 saturated carbocycles. The van der Waals surface area contributed by atoms with E-state index >= 15 is 0 Å². The number of pyridine rings is 1. The lowest BCUT2D eigenvalue weighted by Gasteiger charge is -2.06. The maximum absolute atomic E-state index is 12.2. The number of fused-ring (bicyclic) bond motifs is 1. The number of aromatic nitrogens is 5. The summed E-state index contributed by atoms with van der Waals surface area (Å²) in [4.78, 5) is 43.4. The molecule has 0 fully saturated rings. The maximum Gasteiger partial charge on any atom is 0.357 e. The number of rotatable bonds is 6. The highest BCUT2D eigenvalue weighted by atomic mass is 16.5. The van der Waals surface area contributed by atoms with Gasteiger partial charge in [-0.15, -0.1) is 0 Å². The predicted molar refractivity (Wildman–Crippen MR) is 89.8 cm³/mol. The van der Waals surface area contributed by atoms with Crippen molar-refractivity contribution in [3.63, 3.8) is 0 Å². The average Bonchev–Trinajstić information content (AvgIpc) is 3.02. The van der Waals surface area contributed by atoms with Gasteiger partial charge in [-0.05, 0) is 25.1 Å². The fraction of sp³-hybridized carbons (Fsp3) is 0.250. The van der Waals surface area contributed by atoms with E-state index in [0.717, 1.165) is 0 Å². The van der Waals surface area contributed by atoms with Crippen LogP contribution in [0.3, 0.4) is 0 Å². The van der Waals surface area contributed by atoms with Crippen LogP contribution >= 0.6 is 0 Å². The number of hydrogen-bond donors (Lipinski definition) is 2. The predicted octanol–water partition coefficient (Wildman–Crippen LogP) is -0.0382. The maximum atomic E-state index is 12.2. The van der Waals surface area contributed by atoms with Gasteiger partial charge in [0.25, 0.3) is 5.91 Å². The number of carbonyl (C=O) groups excluding carboxylic acids is 2. The third kappa shape index (κ3) is 3.74. The van der Waals surface area contributed by atoms with Crippen molar-refractivity contribution in [2.75, 3.05) is 13.2 Å². The average molecular weight is 356 g/mol. The molecule has 3 heterocycles. The minimum Gasteiger partial charge on any atom is -0.461 e. The molecule has 0 radical (unpaired) electrons. The molecular formula is C16H16N6O4. The Morgan fingerprint density at radius 3 is 3.00 bits per heavy atom. The van der Waals surface area contributed by atoms with Crippen LogP contribution in [0.5, 0.6) is 0 Å². The standard InChI is InChI=1S/C16H16N6O4/c1-2-26-15(24)11-3-6-17-12(19-11)4-7-18-14(23)10-5-8-22-13(9-10)20-21-16(22)25/h3,5-6,8-9H,2,4,7H2,1H3,(H,18,23)(H,21,25). The molecule has 10 nitrogen and oxygen atoms in total. The second-order valence-electron chi connectivity index (χ2n) is 5.26. The largest absolute Gasteiger partial charge is 0.461 e. The molecule has 0 aliphatic heterocycles. The van der Waals surface area contributed by atoms with Gasteiger partial charge in [-0.25, -0.2) is 24.7 Å². The van der Waals surface area contributed by atoms with E-state index in [0.29, 0.717) is 23.5 Å². The molecule has 3 aromatic rings. The molecule has 10 heteroatoms. The van der Waals surface area contributed by atoms with Gasteiger partial charge in [-0.3, -0.25) is 9.20 Å².